The van der Waals surface area contributed by atoms with Crippen LogP contribution in [0, 0.1) is 0 Å². The lowest BCUT2D eigenvalue weighted by Gasteiger charge is -2.36. The Morgan fingerprint density at radius 1 is 1.69 bits per heavy atom. The maximum Gasteiger partial charge on any atom is 0.236 e. The summed E-state index contributed by atoms with van der Waals surface area (Å²) in [6.45, 7) is 2.35. The number of likely N-dealkylation sites (tertiary alicyclic amines) is 1. The molecule has 0 aliphatic carbocycles. The van der Waals surface area contributed by atoms with Crippen LogP contribution in [0.25, 0.3) is 0 Å². The van der Waals surface area contributed by atoms with Gasteiger partial charge >= 0.3 is 0 Å². The van der Waals surface area contributed by atoms with E-state index in [-0.39, 0.29) is 17.6 Å². The number of amides is 1. The average Bonchev–Trinajstić information content (AvgIpc) is 2.62. The van der Waals surface area contributed by atoms with Crippen LogP contribution < -0.4 is 5.32 Å². The Morgan fingerprint density at radius 2 is 2.50 bits per heavy atom. The highest BCUT2D eigenvalue weighted by Gasteiger charge is 2.44. The van der Waals surface area contributed by atoms with Crippen LogP contribution in [0.2, 0.25) is 0 Å². The molecule has 0 aromatic rings. The summed E-state index contributed by atoms with van der Waals surface area (Å²) < 4.78 is 5.78. The first-order chi connectivity index (χ1) is 7.65. The number of aliphatic hydroxyl groups is 1. The quantitative estimate of drug-likeness (QED) is 0.659. The zero-order valence-electron chi connectivity index (χ0n) is 9.74. The van der Waals surface area contributed by atoms with Crippen molar-refractivity contribution in [3.63, 3.8) is 0 Å². The van der Waals surface area contributed by atoms with E-state index in [0.717, 1.165) is 13.0 Å². The molecule has 16 heavy (non-hydrogen) atoms. The molecule has 0 aromatic carbocycles. The second-order valence-corrected chi connectivity index (χ2v) is 4.77. The van der Waals surface area contributed by atoms with Gasteiger partial charge in [0.25, 0.3) is 0 Å². The van der Waals surface area contributed by atoms with Gasteiger partial charge in [-0.3, -0.25) is 4.79 Å². The largest absolute Gasteiger partial charge is 0.393 e. The molecule has 0 radical (unpaired) electrons. The van der Waals surface area contributed by atoms with Gasteiger partial charge in [0.2, 0.25) is 5.91 Å². The summed E-state index contributed by atoms with van der Waals surface area (Å²) in [4.78, 5) is 13.5. The molecule has 0 bridgehead atoms. The van der Waals surface area contributed by atoms with Crippen molar-refractivity contribution in [2.24, 2.45) is 0 Å². The molecular formula is C11H20N2O3. The first kappa shape index (κ1) is 11.8. The Hall–Kier alpha value is -0.650. The number of carbonyl (C=O) groups is 1. The third-order valence-electron chi connectivity index (χ3n) is 3.46. The molecule has 2 rings (SSSR count). The minimum atomic E-state index is -0.277. The molecule has 0 saturated carbocycles. The normalized spacial score (nSPS) is 34.6. The fraction of sp³-hybridized carbons (Fsp3) is 0.909. The van der Waals surface area contributed by atoms with Crippen molar-refractivity contribution >= 4 is 5.91 Å². The molecule has 2 heterocycles. The van der Waals surface area contributed by atoms with Crippen molar-refractivity contribution in [1.29, 1.82) is 0 Å². The van der Waals surface area contributed by atoms with Crippen molar-refractivity contribution in [3.05, 3.63) is 0 Å². The summed E-state index contributed by atoms with van der Waals surface area (Å²) in [6, 6.07) is 0. The van der Waals surface area contributed by atoms with Crippen molar-refractivity contribution in [2.45, 2.75) is 31.0 Å². The van der Waals surface area contributed by atoms with E-state index < -0.39 is 0 Å². The second kappa shape index (κ2) is 4.69. The molecule has 2 fully saturated rings. The van der Waals surface area contributed by atoms with E-state index >= 15 is 0 Å². The van der Waals surface area contributed by atoms with Gasteiger partial charge in [0.15, 0.2) is 0 Å². The van der Waals surface area contributed by atoms with E-state index in [1.807, 2.05) is 4.90 Å². The van der Waals surface area contributed by atoms with E-state index in [9.17, 15) is 9.90 Å². The van der Waals surface area contributed by atoms with Crippen molar-refractivity contribution < 1.29 is 14.6 Å². The number of nitrogens with one attached hydrogen (secondary N) is 1. The maximum atomic E-state index is 11.7. The third-order valence-corrected chi connectivity index (χ3v) is 3.46. The molecule has 2 unspecified atom stereocenters. The van der Waals surface area contributed by atoms with E-state index in [2.05, 4.69) is 5.32 Å². The first-order valence-electron chi connectivity index (χ1n) is 5.90. The van der Waals surface area contributed by atoms with E-state index in [0.29, 0.717) is 32.5 Å². The average molecular weight is 228 g/mol. The number of hydrogen-bond donors (Lipinski definition) is 2. The zero-order chi connectivity index (χ0) is 11.6. The smallest absolute Gasteiger partial charge is 0.236 e. The third kappa shape index (κ3) is 2.36. The van der Waals surface area contributed by atoms with Gasteiger partial charge in [0.05, 0.1) is 18.2 Å². The molecule has 1 amide bonds. The Labute approximate surface area is 95.8 Å². The van der Waals surface area contributed by atoms with Gasteiger partial charge in [-0.1, -0.05) is 0 Å². The van der Waals surface area contributed by atoms with Gasteiger partial charge in [-0.25, -0.2) is 0 Å². The summed E-state index contributed by atoms with van der Waals surface area (Å²) >= 11 is 0. The van der Waals surface area contributed by atoms with Crippen LogP contribution in [0.3, 0.4) is 0 Å². The minimum absolute atomic E-state index is 0.114. The van der Waals surface area contributed by atoms with Gasteiger partial charge in [-0.05, 0) is 19.9 Å². The lowest BCUT2D eigenvalue weighted by molar-refractivity contribution is -0.135. The summed E-state index contributed by atoms with van der Waals surface area (Å²) in [5.74, 6) is 0.114. The van der Waals surface area contributed by atoms with E-state index in [4.69, 9.17) is 4.74 Å². The molecule has 0 aromatic heterocycles. The van der Waals surface area contributed by atoms with Crippen LogP contribution in [0.5, 0.6) is 0 Å². The van der Waals surface area contributed by atoms with Crippen molar-refractivity contribution in [2.75, 3.05) is 33.3 Å². The predicted molar refractivity (Wildman–Crippen MR) is 59.0 cm³/mol. The molecule has 2 aliphatic heterocycles. The molecule has 5 heteroatoms. The number of rotatable bonds is 2. The fourth-order valence-corrected chi connectivity index (χ4v) is 2.61. The van der Waals surface area contributed by atoms with Gasteiger partial charge < -0.3 is 20.1 Å². The number of aliphatic hydroxyl groups excluding tert-OH is 1. The van der Waals surface area contributed by atoms with E-state index in [1.165, 1.54) is 0 Å². The zero-order valence-corrected chi connectivity index (χ0v) is 9.74. The molecule has 2 aliphatic rings. The SMILES string of the molecule is CNCC(=O)N1CCC2(CC(O)CCO2)C1. The Balaban J connectivity index is 1.93. The molecular weight excluding hydrogens is 208 g/mol. The predicted octanol–water partition coefficient (Wildman–Crippen LogP) is -0.652. The topological polar surface area (TPSA) is 61.8 Å². The number of carbonyl (C=O) groups excluding carboxylic acids is 1. The lowest BCUT2D eigenvalue weighted by Crippen LogP contribution is -2.45. The van der Waals surface area contributed by atoms with Crippen LogP contribution in [-0.2, 0) is 9.53 Å². The first-order valence-corrected chi connectivity index (χ1v) is 5.90. The van der Waals surface area contributed by atoms with Crippen molar-refractivity contribution in [3.8, 4) is 0 Å². The highest BCUT2D eigenvalue weighted by atomic mass is 16.5. The molecule has 1 spiro atoms. The molecule has 2 atom stereocenters. The number of likely N-dealkylation sites (N-methyl/N-ethyl adjacent to an activating group) is 1. The van der Waals surface area contributed by atoms with Gasteiger partial charge in [-0.15, -0.1) is 0 Å². The summed E-state index contributed by atoms with van der Waals surface area (Å²) in [7, 11) is 1.77. The van der Waals surface area contributed by atoms with E-state index in [1.54, 1.807) is 7.05 Å². The fourth-order valence-electron chi connectivity index (χ4n) is 2.61. The van der Waals surface area contributed by atoms with Crippen LogP contribution in [-0.4, -0.2) is 60.9 Å². The Morgan fingerprint density at radius 3 is 3.19 bits per heavy atom. The second-order valence-electron chi connectivity index (χ2n) is 4.77. The Kier molecular flexibility index (Phi) is 3.47. The van der Waals surface area contributed by atoms with Gasteiger partial charge in [-0.2, -0.15) is 0 Å². The number of hydrogen-bond acceptors (Lipinski definition) is 4. The highest BCUT2D eigenvalue weighted by Crippen LogP contribution is 2.34. The standard InChI is InChI=1S/C11H20N2O3/c1-12-7-10(15)13-4-3-11(8-13)6-9(14)2-5-16-11/h9,12,14H,2-8H2,1H3. The Bertz CT molecular complexity index is 272. The molecule has 5 nitrogen and oxygen atoms in total. The summed E-state index contributed by atoms with van der Waals surface area (Å²) in [5, 5.41) is 12.5. The van der Waals surface area contributed by atoms with Crippen LogP contribution >= 0.6 is 0 Å². The number of ether oxygens (including phenoxy) is 1. The van der Waals surface area contributed by atoms with Gasteiger partial charge in [0.1, 0.15) is 0 Å². The monoisotopic (exact) mass is 228 g/mol. The van der Waals surface area contributed by atoms with Crippen LogP contribution in [0.4, 0.5) is 0 Å². The molecule has 92 valence electrons. The van der Waals surface area contributed by atoms with Crippen LogP contribution in [0.15, 0.2) is 0 Å². The van der Waals surface area contributed by atoms with Crippen LogP contribution in [0.1, 0.15) is 19.3 Å². The number of nitrogens with zero attached hydrogens (tertiary/aromatic N) is 1. The van der Waals surface area contributed by atoms with Gasteiger partial charge in [0, 0.05) is 26.1 Å². The minimum Gasteiger partial charge on any atom is -0.393 e. The molecule has 2 N–H and O–H groups in total. The summed E-state index contributed by atoms with van der Waals surface area (Å²) in [6.07, 6.45) is 1.95. The summed E-state index contributed by atoms with van der Waals surface area (Å²) in [5.41, 5.74) is -0.277. The van der Waals surface area contributed by atoms with Crippen molar-refractivity contribution in [1.82, 2.24) is 10.2 Å². The maximum absolute atomic E-state index is 11.7. The highest BCUT2D eigenvalue weighted by molar-refractivity contribution is 5.78. The lowest BCUT2D eigenvalue weighted by atomic mass is 9.91. The molecule has 2 saturated heterocycles.